The van der Waals surface area contributed by atoms with Gasteiger partial charge in [-0.15, -0.1) is 0 Å². The van der Waals surface area contributed by atoms with Crippen molar-refractivity contribution in [1.29, 1.82) is 0 Å². The third-order valence-corrected chi connectivity index (χ3v) is 5.32. The highest BCUT2D eigenvalue weighted by Gasteiger charge is 2.28. The Morgan fingerprint density at radius 2 is 1.09 bits per heavy atom. The molecule has 0 saturated heterocycles. The van der Waals surface area contributed by atoms with Crippen molar-refractivity contribution in [3.63, 3.8) is 0 Å². The number of benzene rings is 1. The highest BCUT2D eigenvalue weighted by atomic mass is 15.4. The maximum Gasteiger partial charge on any atom is 0.102 e. The van der Waals surface area contributed by atoms with E-state index < -0.39 is 0 Å². The van der Waals surface area contributed by atoms with Gasteiger partial charge in [-0.1, -0.05) is 6.07 Å². The van der Waals surface area contributed by atoms with Gasteiger partial charge < -0.3 is 19.6 Å². The summed E-state index contributed by atoms with van der Waals surface area (Å²) in [5, 5.41) is 0. The molecule has 3 rings (SSSR count). The van der Waals surface area contributed by atoms with Gasteiger partial charge in [0.1, 0.15) is 12.3 Å². The number of hydrogen-bond donors (Lipinski definition) is 0. The van der Waals surface area contributed by atoms with E-state index in [2.05, 4.69) is 99.2 Å². The third kappa shape index (κ3) is 2.37. The van der Waals surface area contributed by atoms with Crippen LogP contribution >= 0.6 is 0 Å². The second-order valence-corrected chi connectivity index (χ2v) is 6.84. The van der Waals surface area contributed by atoms with Crippen LogP contribution in [0.4, 0.5) is 11.4 Å². The Morgan fingerprint density at radius 3 is 1.39 bits per heavy atom. The van der Waals surface area contributed by atoms with Gasteiger partial charge >= 0.3 is 0 Å². The number of hydrogen-bond acceptors (Lipinski definition) is 4. The summed E-state index contributed by atoms with van der Waals surface area (Å²) in [6, 6.07) is 2.31. The van der Waals surface area contributed by atoms with E-state index in [4.69, 9.17) is 0 Å². The molecule has 0 radical (unpaired) electrons. The molecule has 4 nitrogen and oxygen atoms in total. The number of rotatable bonds is 2. The van der Waals surface area contributed by atoms with Crippen LogP contribution in [-0.2, 0) is 0 Å². The molecule has 2 aliphatic rings. The van der Waals surface area contributed by atoms with E-state index in [9.17, 15) is 0 Å². The van der Waals surface area contributed by atoms with Crippen LogP contribution in [-0.4, -0.2) is 36.2 Å². The van der Waals surface area contributed by atoms with E-state index in [-0.39, 0.29) is 0 Å². The van der Waals surface area contributed by atoms with E-state index in [1.54, 1.807) is 0 Å². The van der Waals surface area contributed by atoms with Crippen molar-refractivity contribution >= 4 is 11.4 Å². The summed E-state index contributed by atoms with van der Waals surface area (Å²) in [6.07, 6.45) is 9.36. The lowest BCUT2D eigenvalue weighted by Gasteiger charge is -2.34. The monoisotopic (exact) mass is 312 g/mol. The fourth-order valence-electron chi connectivity index (χ4n) is 3.73. The molecule has 0 bridgehead atoms. The quantitative estimate of drug-likeness (QED) is 0.824. The van der Waals surface area contributed by atoms with Gasteiger partial charge in [-0.05, 0) is 51.3 Å². The Morgan fingerprint density at radius 1 is 0.696 bits per heavy atom. The lowest BCUT2D eigenvalue weighted by Crippen LogP contribution is -2.36. The van der Waals surface area contributed by atoms with Gasteiger partial charge in [0.2, 0.25) is 0 Å². The second-order valence-electron chi connectivity index (χ2n) is 6.84. The molecule has 2 heterocycles. The Bertz CT molecular complexity index is 622. The van der Waals surface area contributed by atoms with Gasteiger partial charge in [-0.2, -0.15) is 0 Å². The predicted molar refractivity (Wildman–Crippen MR) is 98.3 cm³/mol. The van der Waals surface area contributed by atoms with E-state index in [0.29, 0.717) is 12.3 Å². The van der Waals surface area contributed by atoms with Crippen LogP contribution in [0.3, 0.4) is 0 Å². The molecule has 0 N–H and O–H groups in total. The summed E-state index contributed by atoms with van der Waals surface area (Å²) >= 11 is 0. The lowest BCUT2D eigenvalue weighted by atomic mass is 9.99. The summed E-state index contributed by atoms with van der Waals surface area (Å²) in [6.45, 7) is 11.2. The average Bonchev–Trinajstić information content (AvgIpc) is 2.97. The summed E-state index contributed by atoms with van der Waals surface area (Å²) in [4.78, 5) is 9.23. The average molecular weight is 312 g/mol. The molecular formula is C19H28N4. The molecule has 2 atom stereocenters. The first kappa shape index (κ1) is 15.8. The van der Waals surface area contributed by atoms with Gasteiger partial charge in [0.05, 0.1) is 11.4 Å². The normalized spacial score (nSPS) is 23.6. The van der Waals surface area contributed by atoms with Crippen molar-refractivity contribution in [2.45, 2.75) is 47.0 Å². The summed E-state index contributed by atoms with van der Waals surface area (Å²) in [7, 11) is 4.25. The largest absolute Gasteiger partial charge is 0.359 e. The number of nitrogens with zero attached hydrogens (tertiary/aromatic N) is 4. The maximum absolute atomic E-state index is 2.38. The molecule has 124 valence electrons. The minimum Gasteiger partial charge on any atom is -0.359 e. The molecule has 0 aliphatic carbocycles. The first-order valence-electron chi connectivity index (χ1n) is 8.31. The van der Waals surface area contributed by atoms with Crippen LogP contribution < -0.4 is 9.80 Å². The zero-order chi connectivity index (χ0) is 16.9. The van der Waals surface area contributed by atoms with Gasteiger partial charge in [0, 0.05) is 38.9 Å². The SMILES string of the molecule is Cc1cc(C)c(N2C=CN(C)[C@@H]2C)c(C)c1N1C=CN(C)[C@H]1C. The number of anilines is 2. The molecule has 2 aliphatic heterocycles. The molecule has 0 fully saturated rings. The van der Waals surface area contributed by atoms with E-state index in [0.717, 1.165) is 0 Å². The second kappa shape index (κ2) is 5.52. The van der Waals surface area contributed by atoms with Crippen molar-refractivity contribution in [2.75, 3.05) is 23.9 Å². The molecular weight excluding hydrogens is 284 g/mol. The van der Waals surface area contributed by atoms with Gasteiger partial charge in [0.25, 0.3) is 0 Å². The van der Waals surface area contributed by atoms with Crippen LogP contribution in [0.1, 0.15) is 30.5 Å². The molecule has 1 aromatic rings. The number of aryl methyl sites for hydroxylation is 2. The topological polar surface area (TPSA) is 13.0 Å². The standard InChI is InChI=1S/C19H28N4/c1-13-12-14(2)19(23-11-9-21(7)17(23)5)15(3)18(13)22-10-8-20(6)16(22)4/h8-12,16-17H,1-7H3/t16-,17+. The first-order valence-corrected chi connectivity index (χ1v) is 8.31. The fourth-order valence-corrected chi connectivity index (χ4v) is 3.73. The maximum atomic E-state index is 2.38. The molecule has 4 heteroatoms. The van der Waals surface area contributed by atoms with Crippen molar-refractivity contribution in [3.05, 3.63) is 47.6 Å². The fraction of sp³-hybridized carbons (Fsp3) is 0.474. The van der Waals surface area contributed by atoms with Crippen LogP contribution in [0.15, 0.2) is 30.9 Å². The molecule has 23 heavy (non-hydrogen) atoms. The van der Waals surface area contributed by atoms with Crippen molar-refractivity contribution in [1.82, 2.24) is 9.80 Å². The van der Waals surface area contributed by atoms with Gasteiger partial charge in [0.15, 0.2) is 0 Å². The summed E-state index contributed by atoms with van der Waals surface area (Å²) in [5.41, 5.74) is 6.67. The molecule has 1 aromatic carbocycles. The molecule has 0 aromatic heterocycles. The van der Waals surface area contributed by atoms with Crippen LogP contribution in [0.5, 0.6) is 0 Å². The van der Waals surface area contributed by atoms with Gasteiger partial charge in [-0.25, -0.2) is 0 Å². The van der Waals surface area contributed by atoms with Crippen molar-refractivity contribution in [3.8, 4) is 0 Å². The Balaban J connectivity index is 2.11. The molecule has 0 unspecified atom stereocenters. The summed E-state index contributed by atoms with van der Waals surface area (Å²) < 4.78 is 0. The summed E-state index contributed by atoms with van der Waals surface area (Å²) in [5.74, 6) is 0. The highest BCUT2D eigenvalue weighted by Crippen LogP contribution is 2.40. The Kier molecular flexibility index (Phi) is 3.78. The van der Waals surface area contributed by atoms with Crippen LogP contribution in [0.2, 0.25) is 0 Å². The Hall–Kier alpha value is -2.10. The van der Waals surface area contributed by atoms with Gasteiger partial charge in [-0.3, -0.25) is 0 Å². The van der Waals surface area contributed by atoms with E-state index in [1.807, 2.05) is 0 Å². The zero-order valence-electron chi connectivity index (χ0n) is 15.3. The predicted octanol–water partition coefficient (Wildman–Crippen LogP) is 3.75. The van der Waals surface area contributed by atoms with Crippen molar-refractivity contribution < 1.29 is 0 Å². The minimum atomic E-state index is 0.345. The first-order chi connectivity index (χ1) is 10.8. The lowest BCUT2D eigenvalue weighted by molar-refractivity contribution is 0.381. The zero-order valence-corrected chi connectivity index (χ0v) is 15.3. The molecule has 0 spiro atoms. The highest BCUT2D eigenvalue weighted by molar-refractivity contribution is 5.76. The van der Waals surface area contributed by atoms with Crippen molar-refractivity contribution in [2.24, 2.45) is 0 Å². The van der Waals surface area contributed by atoms with E-state index in [1.165, 1.54) is 28.1 Å². The van der Waals surface area contributed by atoms with Crippen LogP contribution in [0.25, 0.3) is 0 Å². The smallest absolute Gasteiger partial charge is 0.102 e. The molecule has 0 saturated carbocycles. The Labute approximate surface area is 140 Å². The molecule has 0 amide bonds. The van der Waals surface area contributed by atoms with E-state index >= 15 is 0 Å². The third-order valence-electron chi connectivity index (χ3n) is 5.32. The minimum absolute atomic E-state index is 0.345. The van der Waals surface area contributed by atoms with Crippen LogP contribution in [0, 0.1) is 20.8 Å².